The number of carbonyl (C=O) groups is 1. The molecule has 170 valence electrons. The maximum Gasteiger partial charge on any atom is 0.405 e. The SMILES string of the molecule is O=C(O)N[C@@H](CCCCCCO)c1ncc(-c2ccccc2)n1COCc1ccccc1. The van der Waals surface area contributed by atoms with E-state index < -0.39 is 12.1 Å². The molecule has 3 aromatic rings. The Balaban J connectivity index is 1.81. The number of amides is 1. The van der Waals surface area contributed by atoms with Gasteiger partial charge in [0.1, 0.15) is 12.6 Å². The molecule has 0 saturated carbocycles. The third-order valence-electron chi connectivity index (χ3n) is 5.30. The maximum absolute atomic E-state index is 11.5. The van der Waals surface area contributed by atoms with Crippen LogP contribution >= 0.6 is 0 Å². The summed E-state index contributed by atoms with van der Waals surface area (Å²) in [7, 11) is 0. The number of ether oxygens (including phenoxy) is 1. The Morgan fingerprint density at radius 1 is 1.00 bits per heavy atom. The average molecular weight is 438 g/mol. The zero-order valence-corrected chi connectivity index (χ0v) is 18.2. The summed E-state index contributed by atoms with van der Waals surface area (Å²) in [5, 5.41) is 21.0. The van der Waals surface area contributed by atoms with Gasteiger partial charge in [0.15, 0.2) is 0 Å². The van der Waals surface area contributed by atoms with Crippen LogP contribution in [0.5, 0.6) is 0 Å². The van der Waals surface area contributed by atoms with Crippen LogP contribution in [0.1, 0.15) is 49.5 Å². The second kappa shape index (κ2) is 12.6. The molecule has 32 heavy (non-hydrogen) atoms. The lowest BCUT2D eigenvalue weighted by molar-refractivity contribution is 0.0618. The zero-order chi connectivity index (χ0) is 22.6. The van der Waals surface area contributed by atoms with Crippen molar-refractivity contribution in [3.8, 4) is 11.3 Å². The van der Waals surface area contributed by atoms with E-state index >= 15 is 0 Å². The number of benzene rings is 2. The molecule has 1 heterocycles. The second-order valence-electron chi connectivity index (χ2n) is 7.69. The van der Waals surface area contributed by atoms with E-state index in [1.807, 2.05) is 65.2 Å². The first-order valence-electron chi connectivity index (χ1n) is 11.0. The van der Waals surface area contributed by atoms with Crippen molar-refractivity contribution in [1.29, 1.82) is 0 Å². The Kier molecular flexibility index (Phi) is 9.28. The average Bonchev–Trinajstić information content (AvgIpc) is 3.23. The first-order valence-corrected chi connectivity index (χ1v) is 11.0. The molecule has 0 unspecified atom stereocenters. The van der Waals surface area contributed by atoms with Gasteiger partial charge in [0, 0.05) is 6.61 Å². The minimum Gasteiger partial charge on any atom is -0.465 e. The molecule has 0 spiro atoms. The smallest absolute Gasteiger partial charge is 0.405 e. The van der Waals surface area contributed by atoms with Crippen LogP contribution in [0.2, 0.25) is 0 Å². The van der Waals surface area contributed by atoms with Crippen molar-refractivity contribution >= 4 is 6.09 Å². The van der Waals surface area contributed by atoms with Crippen molar-refractivity contribution in [3.05, 3.63) is 78.2 Å². The number of nitrogens with one attached hydrogen (secondary N) is 1. The molecular formula is C25H31N3O4. The van der Waals surface area contributed by atoms with Crippen molar-refractivity contribution < 1.29 is 19.7 Å². The summed E-state index contributed by atoms with van der Waals surface area (Å²) < 4.78 is 7.95. The van der Waals surface area contributed by atoms with Crippen molar-refractivity contribution in [2.75, 3.05) is 6.61 Å². The third kappa shape index (κ3) is 6.93. The van der Waals surface area contributed by atoms with E-state index in [1.54, 1.807) is 6.20 Å². The summed E-state index contributed by atoms with van der Waals surface area (Å²) in [6.07, 6.45) is 4.77. The van der Waals surface area contributed by atoms with Gasteiger partial charge in [-0.15, -0.1) is 0 Å². The van der Waals surface area contributed by atoms with Gasteiger partial charge >= 0.3 is 6.09 Å². The largest absolute Gasteiger partial charge is 0.465 e. The van der Waals surface area contributed by atoms with E-state index in [0.717, 1.165) is 42.5 Å². The molecule has 3 N–H and O–H groups in total. The highest BCUT2D eigenvalue weighted by Crippen LogP contribution is 2.27. The number of carboxylic acid groups (broad SMARTS) is 1. The molecule has 0 aliphatic carbocycles. The molecule has 7 nitrogen and oxygen atoms in total. The molecule has 0 fully saturated rings. The van der Waals surface area contributed by atoms with Crippen LogP contribution in [0.15, 0.2) is 66.9 Å². The van der Waals surface area contributed by atoms with Crippen LogP contribution < -0.4 is 5.32 Å². The van der Waals surface area contributed by atoms with Gasteiger partial charge in [0.05, 0.1) is 24.5 Å². The molecule has 7 heteroatoms. The van der Waals surface area contributed by atoms with E-state index in [0.29, 0.717) is 18.9 Å². The molecule has 1 aromatic heterocycles. The molecule has 2 aromatic carbocycles. The monoisotopic (exact) mass is 437 g/mol. The summed E-state index contributed by atoms with van der Waals surface area (Å²) in [5.41, 5.74) is 2.94. The predicted octanol–water partition coefficient (Wildman–Crippen LogP) is 4.98. The van der Waals surface area contributed by atoms with Crippen LogP contribution in [-0.4, -0.2) is 32.5 Å². The number of unbranched alkanes of at least 4 members (excludes halogenated alkanes) is 3. The minimum absolute atomic E-state index is 0.181. The number of imidazole rings is 1. The number of aliphatic hydroxyl groups excluding tert-OH is 1. The van der Waals surface area contributed by atoms with E-state index in [1.165, 1.54) is 0 Å². The predicted molar refractivity (Wildman–Crippen MR) is 123 cm³/mol. The zero-order valence-electron chi connectivity index (χ0n) is 18.2. The van der Waals surface area contributed by atoms with Crippen molar-refractivity contribution in [3.63, 3.8) is 0 Å². The lowest BCUT2D eigenvalue weighted by Gasteiger charge is -2.20. The quantitative estimate of drug-likeness (QED) is 0.328. The van der Waals surface area contributed by atoms with Gasteiger partial charge < -0.3 is 24.8 Å². The fraction of sp³-hybridized carbons (Fsp3) is 0.360. The fourth-order valence-corrected chi connectivity index (χ4v) is 3.70. The number of hydrogen-bond donors (Lipinski definition) is 3. The van der Waals surface area contributed by atoms with E-state index in [9.17, 15) is 9.90 Å². The van der Waals surface area contributed by atoms with Crippen LogP contribution in [0.25, 0.3) is 11.3 Å². The molecule has 0 saturated heterocycles. The number of hydrogen-bond acceptors (Lipinski definition) is 4. The first-order chi connectivity index (χ1) is 15.7. The van der Waals surface area contributed by atoms with Crippen LogP contribution in [0, 0.1) is 0 Å². The van der Waals surface area contributed by atoms with Gasteiger partial charge in [0.2, 0.25) is 0 Å². The summed E-state index contributed by atoms with van der Waals surface area (Å²) in [5.74, 6) is 0.640. The van der Waals surface area contributed by atoms with Gasteiger partial charge in [-0.2, -0.15) is 0 Å². The highest BCUT2D eigenvalue weighted by molar-refractivity contribution is 5.65. The Hall–Kier alpha value is -3.16. The number of nitrogens with zero attached hydrogens (tertiary/aromatic N) is 2. The molecule has 0 radical (unpaired) electrons. The lowest BCUT2D eigenvalue weighted by Crippen LogP contribution is -2.29. The normalized spacial score (nSPS) is 11.9. The summed E-state index contributed by atoms with van der Waals surface area (Å²) >= 11 is 0. The lowest BCUT2D eigenvalue weighted by atomic mass is 10.1. The molecule has 3 rings (SSSR count). The Morgan fingerprint density at radius 3 is 2.38 bits per heavy atom. The highest BCUT2D eigenvalue weighted by atomic mass is 16.5. The Labute approximate surface area is 188 Å². The standard InChI is InChI=1S/C25H31N3O4/c29-16-10-2-1-9-15-22(27-25(30)31)24-26-17-23(21-13-7-4-8-14-21)28(24)19-32-18-20-11-5-3-6-12-20/h3-8,11-14,17,22,27,29H,1-2,9-10,15-16,18-19H2,(H,30,31)/t22-/m0/s1. The number of aliphatic hydroxyl groups is 1. The maximum atomic E-state index is 11.5. The van der Waals surface area contributed by atoms with Gasteiger partial charge in [0.25, 0.3) is 0 Å². The molecular weight excluding hydrogens is 406 g/mol. The van der Waals surface area contributed by atoms with Crippen LogP contribution in [0.3, 0.4) is 0 Å². The summed E-state index contributed by atoms with van der Waals surface area (Å²) in [4.78, 5) is 16.1. The van der Waals surface area contributed by atoms with Crippen LogP contribution in [0.4, 0.5) is 4.79 Å². The Morgan fingerprint density at radius 2 is 1.69 bits per heavy atom. The molecule has 1 amide bonds. The third-order valence-corrected chi connectivity index (χ3v) is 5.30. The second-order valence-corrected chi connectivity index (χ2v) is 7.69. The highest BCUT2D eigenvalue weighted by Gasteiger charge is 2.22. The van der Waals surface area contributed by atoms with Gasteiger partial charge in [-0.05, 0) is 24.0 Å². The fourth-order valence-electron chi connectivity index (χ4n) is 3.70. The van der Waals surface area contributed by atoms with E-state index in [4.69, 9.17) is 9.84 Å². The Bertz CT molecular complexity index is 944. The number of aromatic nitrogens is 2. The topological polar surface area (TPSA) is 96.6 Å². The molecule has 0 aliphatic rings. The van der Waals surface area contributed by atoms with E-state index in [2.05, 4.69) is 10.3 Å². The van der Waals surface area contributed by atoms with Crippen molar-refractivity contribution in [2.24, 2.45) is 0 Å². The van der Waals surface area contributed by atoms with Gasteiger partial charge in [-0.25, -0.2) is 9.78 Å². The van der Waals surface area contributed by atoms with E-state index in [-0.39, 0.29) is 13.3 Å². The van der Waals surface area contributed by atoms with Gasteiger partial charge in [-0.3, -0.25) is 0 Å². The van der Waals surface area contributed by atoms with Crippen molar-refractivity contribution in [1.82, 2.24) is 14.9 Å². The molecule has 0 bridgehead atoms. The minimum atomic E-state index is -1.08. The summed E-state index contributed by atoms with van der Waals surface area (Å²) in [6, 6.07) is 19.4. The summed E-state index contributed by atoms with van der Waals surface area (Å²) in [6.45, 7) is 0.891. The number of rotatable bonds is 13. The molecule has 1 atom stereocenters. The first kappa shape index (κ1) is 23.5. The molecule has 0 aliphatic heterocycles. The van der Waals surface area contributed by atoms with Crippen LogP contribution in [-0.2, 0) is 18.1 Å². The van der Waals surface area contributed by atoms with Gasteiger partial charge in [-0.1, -0.05) is 79.9 Å². The van der Waals surface area contributed by atoms with Crippen molar-refractivity contribution in [2.45, 2.75) is 51.5 Å².